The number of hydrogen-bond acceptors (Lipinski definition) is 4. The molecule has 1 saturated heterocycles. The van der Waals surface area contributed by atoms with Crippen LogP contribution in [0.25, 0.3) is 0 Å². The van der Waals surface area contributed by atoms with E-state index >= 15 is 0 Å². The van der Waals surface area contributed by atoms with Crippen LogP contribution in [0, 0.1) is 0 Å². The predicted molar refractivity (Wildman–Crippen MR) is 87.2 cm³/mol. The van der Waals surface area contributed by atoms with Crippen molar-refractivity contribution < 1.29 is 4.79 Å². The SMILES string of the molecule is O=C(c1ccc(=O)[nH]c1)N1CCCN(Cc2cccs2)CC1. The fourth-order valence-corrected chi connectivity index (χ4v) is 3.43. The maximum Gasteiger partial charge on any atom is 0.255 e. The summed E-state index contributed by atoms with van der Waals surface area (Å²) >= 11 is 1.77. The van der Waals surface area contributed by atoms with Gasteiger partial charge in [-0.1, -0.05) is 6.07 Å². The summed E-state index contributed by atoms with van der Waals surface area (Å²) in [5, 5.41) is 2.10. The van der Waals surface area contributed by atoms with E-state index in [1.165, 1.54) is 17.1 Å². The van der Waals surface area contributed by atoms with Crippen LogP contribution in [-0.2, 0) is 6.54 Å². The maximum absolute atomic E-state index is 12.5. The first-order chi connectivity index (χ1) is 10.7. The fourth-order valence-electron chi connectivity index (χ4n) is 2.68. The monoisotopic (exact) mass is 317 g/mol. The third-order valence-electron chi connectivity index (χ3n) is 3.87. The highest BCUT2D eigenvalue weighted by molar-refractivity contribution is 7.09. The lowest BCUT2D eigenvalue weighted by atomic mass is 10.2. The lowest BCUT2D eigenvalue weighted by Crippen LogP contribution is -2.35. The quantitative estimate of drug-likeness (QED) is 0.939. The highest BCUT2D eigenvalue weighted by Crippen LogP contribution is 2.14. The van der Waals surface area contributed by atoms with Crippen molar-refractivity contribution in [3.8, 4) is 0 Å². The van der Waals surface area contributed by atoms with Gasteiger partial charge >= 0.3 is 0 Å². The summed E-state index contributed by atoms with van der Waals surface area (Å²) in [6.07, 6.45) is 2.47. The predicted octanol–water partition coefficient (Wildman–Crippen LogP) is 1.78. The zero-order chi connectivity index (χ0) is 15.4. The average molecular weight is 317 g/mol. The minimum atomic E-state index is -0.186. The molecule has 5 nitrogen and oxygen atoms in total. The van der Waals surface area contributed by atoms with Crippen LogP contribution in [0.2, 0.25) is 0 Å². The molecule has 3 heterocycles. The van der Waals surface area contributed by atoms with Crippen molar-refractivity contribution in [1.29, 1.82) is 0 Å². The van der Waals surface area contributed by atoms with Gasteiger partial charge in [0.2, 0.25) is 5.56 Å². The van der Waals surface area contributed by atoms with Crippen LogP contribution in [0.4, 0.5) is 0 Å². The van der Waals surface area contributed by atoms with Gasteiger partial charge in [-0.2, -0.15) is 0 Å². The number of pyridine rings is 1. The number of carbonyl (C=O) groups is 1. The molecule has 0 spiro atoms. The van der Waals surface area contributed by atoms with Crippen molar-refractivity contribution in [2.24, 2.45) is 0 Å². The molecule has 6 heteroatoms. The van der Waals surface area contributed by atoms with Gasteiger partial charge in [-0.05, 0) is 23.9 Å². The van der Waals surface area contributed by atoms with E-state index in [-0.39, 0.29) is 11.5 Å². The van der Waals surface area contributed by atoms with Crippen molar-refractivity contribution in [3.05, 3.63) is 56.6 Å². The molecule has 2 aromatic rings. The van der Waals surface area contributed by atoms with E-state index in [9.17, 15) is 9.59 Å². The molecule has 0 aliphatic carbocycles. The third kappa shape index (κ3) is 3.64. The number of nitrogens with one attached hydrogen (secondary N) is 1. The molecule has 0 bridgehead atoms. The minimum Gasteiger partial charge on any atom is -0.337 e. The van der Waals surface area contributed by atoms with Crippen LogP contribution in [0.1, 0.15) is 21.7 Å². The molecular weight excluding hydrogens is 298 g/mol. The zero-order valence-electron chi connectivity index (χ0n) is 12.3. The Hall–Kier alpha value is -1.92. The fraction of sp³-hybridized carbons (Fsp3) is 0.375. The molecule has 0 atom stereocenters. The van der Waals surface area contributed by atoms with Gasteiger partial charge in [-0.3, -0.25) is 14.5 Å². The Morgan fingerprint density at radius 2 is 2.09 bits per heavy atom. The summed E-state index contributed by atoms with van der Waals surface area (Å²) in [6, 6.07) is 7.21. The summed E-state index contributed by atoms with van der Waals surface area (Å²) in [7, 11) is 0. The van der Waals surface area contributed by atoms with Crippen molar-refractivity contribution in [2.75, 3.05) is 26.2 Å². The second-order valence-electron chi connectivity index (χ2n) is 5.44. The number of hydrogen-bond donors (Lipinski definition) is 1. The first-order valence-corrected chi connectivity index (χ1v) is 8.33. The Labute approximate surface area is 133 Å². The molecule has 116 valence electrons. The van der Waals surface area contributed by atoms with Gasteiger partial charge in [0.1, 0.15) is 0 Å². The second kappa shape index (κ2) is 6.89. The van der Waals surface area contributed by atoms with Gasteiger partial charge in [-0.15, -0.1) is 11.3 Å². The Kier molecular flexibility index (Phi) is 4.70. The Balaban J connectivity index is 1.61. The molecule has 0 radical (unpaired) electrons. The maximum atomic E-state index is 12.5. The lowest BCUT2D eigenvalue weighted by molar-refractivity contribution is 0.0760. The summed E-state index contributed by atoms with van der Waals surface area (Å²) in [5.41, 5.74) is 0.362. The van der Waals surface area contributed by atoms with Crippen LogP contribution in [-0.4, -0.2) is 46.9 Å². The van der Waals surface area contributed by atoms with Crippen LogP contribution < -0.4 is 5.56 Å². The number of carbonyl (C=O) groups excluding carboxylic acids is 1. The molecule has 1 fully saturated rings. The molecule has 1 aliphatic heterocycles. The van der Waals surface area contributed by atoms with Crippen molar-refractivity contribution in [2.45, 2.75) is 13.0 Å². The highest BCUT2D eigenvalue weighted by Gasteiger charge is 2.20. The normalized spacial score (nSPS) is 16.5. The summed E-state index contributed by atoms with van der Waals surface area (Å²) < 4.78 is 0. The van der Waals surface area contributed by atoms with Gasteiger partial charge in [0.05, 0.1) is 5.56 Å². The number of nitrogens with zero attached hydrogens (tertiary/aromatic N) is 2. The molecule has 0 saturated carbocycles. The topological polar surface area (TPSA) is 56.4 Å². The molecule has 1 amide bonds. The molecule has 0 aromatic carbocycles. The summed E-state index contributed by atoms with van der Waals surface area (Å²) in [4.78, 5) is 31.8. The number of aromatic amines is 1. The Morgan fingerprint density at radius 1 is 1.18 bits per heavy atom. The van der Waals surface area contributed by atoms with E-state index < -0.39 is 0 Å². The van der Waals surface area contributed by atoms with Crippen LogP contribution in [0.3, 0.4) is 0 Å². The van der Waals surface area contributed by atoms with Crippen LogP contribution in [0.5, 0.6) is 0 Å². The van der Waals surface area contributed by atoms with Gasteiger partial charge in [-0.25, -0.2) is 0 Å². The third-order valence-corrected chi connectivity index (χ3v) is 4.73. The van der Waals surface area contributed by atoms with Gasteiger partial charge in [0.15, 0.2) is 0 Å². The molecule has 0 unspecified atom stereocenters. The average Bonchev–Trinajstić information content (AvgIpc) is 2.92. The van der Waals surface area contributed by atoms with E-state index in [0.717, 1.165) is 39.1 Å². The second-order valence-corrected chi connectivity index (χ2v) is 6.48. The Morgan fingerprint density at radius 3 is 2.82 bits per heavy atom. The van der Waals surface area contributed by atoms with Gasteiger partial charge in [0.25, 0.3) is 5.91 Å². The Bertz CT molecular complexity index is 660. The van der Waals surface area contributed by atoms with Crippen LogP contribution in [0.15, 0.2) is 40.6 Å². The van der Waals surface area contributed by atoms with E-state index in [0.29, 0.717) is 5.56 Å². The molecule has 1 N–H and O–H groups in total. The van der Waals surface area contributed by atoms with Crippen molar-refractivity contribution in [3.63, 3.8) is 0 Å². The molecule has 3 rings (SSSR count). The zero-order valence-corrected chi connectivity index (χ0v) is 13.1. The van der Waals surface area contributed by atoms with Gasteiger partial charge < -0.3 is 9.88 Å². The summed E-state index contributed by atoms with van der Waals surface area (Å²) in [6.45, 7) is 4.33. The first-order valence-electron chi connectivity index (χ1n) is 7.45. The van der Waals surface area contributed by atoms with E-state index in [4.69, 9.17) is 0 Å². The minimum absolute atomic E-state index is 0.00535. The standard InChI is InChI=1S/C16H19N3O2S/c20-15-5-4-13(11-17-15)16(21)19-7-2-6-18(8-9-19)12-14-3-1-10-22-14/h1,3-5,10-11H,2,6-9,12H2,(H,17,20). The number of rotatable bonds is 3. The van der Waals surface area contributed by atoms with E-state index in [1.807, 2.05) is 4.90 Å². The number of thiophene rings is 1. The lowest BCUT2D eigenvalue weighted by Gasteiger charge is -2.21. The van der Waals surface area contributed by atoms with Crippen molar-refractivity contribution in [1.82, 2.24) is 14.8 Å². The number of amides is 1. The number of H-pyrrole nitrogens is 1. The highest BCUT2D eigenvalue weighted by atomic mass is 32.1. The molecule has 1 aliphatic rings. The largest absolute Gasteiger partial charge is 0.337 e. The van der Waals surface area contributed by atoms with Gasteiger partial charge in [0, 0.05) is 49.9 Å². The number of aromatic nitrogens is 1. The van der Waals surface area contributed by atoms with E-state index in [2.05, 4.69) is 27.4 Å². The molecular formula is C16H19N3O2S. The van der Waals surface area contributed by atoms with Crippen LogP contribution >= 0.6 is 11.3 Å². The molecule has 22 heavy (non-hydrogen) atoms. The molecule has 2 aromatic heterocycles. The van der Waals surface area contributed by atoms with E-state index in [1.54, 1.807) is 17.4 Å². The first kappa shape index (κ1) is 15.0. The van der Waals surface area contributed by atoms with Crippen molar-refractivity contribution >= 4 is 17.2 Å². The smallest absolute Gasteiger partial charge is 0.255 e. The summed E-state index contributed by atoms with van der Waals surface area (Å²) in [5.74, 6) is -0.00535.